The molecule has 4 nitrogen and oxygen atoms in total. The summed E-state index contributed by atoms with van der Waals surface area (Å²) < 4.78 is 4.62. The molecule has 1 aliphatic carbocycles. The molecule has 0 saturated heterocycles. The highest BCUT2D eigenvalue weighted by Gasteiger charge is 2.45. The Bertz CT molecular complexity index is 480. The molecular weight excluding hydrogens is 254 g/mol. The smallest absolute Gasteiger partial charge is 0.307 e. The van der Waals surface area contributed by atoms with E-state index in [0.29, 0.717) is 0 Å². The van der Waals surface area contributed by atoms with Crippen molar-refractivity contribution in [2.75, 3.05) is 7.11 Å². The van der Waals surface area contributed by atoms with Crippen LogP contribution in [0.5, 0.6) is 0 Å². The molecule has 1 unspecified atom stereocenters. The third kappa shape index (κ3) is 2.84. The van der Waals surface area contributed by atoms with Crippen molar-refractivity contribution >= 4 is 11.9 Å². The van der Waals surface area contributed by atoms with Crippen LogP contribution in [-0.2, 0) is 19.7 Å². The fourth-order valence-electron chi connectivity index (χ4n) is 2.68. The Hall–Kier alpha value is -1.84. The molecule has 1 saturated carbocycles. The predicted octanol–water partition coefficient (Wildman–Crippen LogP) is 2.18. The highest BCUT2D eigenvalue weighted by atomic mass is 16.5. The van der Waals surface area contributed by atoms with E-state index in [4.69, 9.17) is 0 Å². The first-order valence-corrected chi connectivity index (χ1v) is 7.02. The largest absolute Gasteiger partial charge is 0.469 e. The summed E-state index contributed by atoms with van der Waals surface area (Å²) in [6, 6.07) is 9.67. The Morgan fingerprint density at radius 2 is 1.95 bits per heavy atom. The van der Waals surface area contributed by atoms with Crippen LogP contribution in [0.2, 0.25) is 0 Å². The average molecular weight is 275 g/mol. The van der Waals surface area contributed by atoms with Crippen molar-refractivity contribution in [3.05, 3.63) is 35.9 Å². The monoisotopic (exact) mass is 275 g/mol. The van der Waals surface area contributed by atoms with Gasteiger partial charge in [-0.1, -0.05) is 36.8 Å². The van der Waals surface area contributed by atoms with Gasteiger partial charge in [-0.15, -0.1) is 0 Å². The maximum Gasteiger partial charge on any atom is 0.307 e. The van der Waals surface area contributed by atoms with Gasteiger partial charge < -0.3 is 10.1 Å². The molecule has 1 aromatic rings. The van der Waals surface area contributed by atoms with E-state index >= 15 is 0 Å². The normalized spacial score (nSPS) is 17.7. The van der Waals surface area contributed by atoms with Gasteiger partial charge in [0.1, 0.15) is 0 Å². The third-order valence-electron chi connectivity index (χ3n) is 4.05. The lowest BCUT2D eigenvalue weighted by molar-refractivity contribution is -0.141. The molecular formula is C16H21NO3. The Balaban J connectivity index is 2.05. The molecule has 4 heteroatoms. The van der Waals surface area contributed by atoms with E-state index in [0.717, 1.165) is 24.8 Å². The number of methoxy groups -OCH3 is 1. The predicted molar refractivity (Wildman–Crippen MR) is 76.2 cm³/mol. The fraction of sp³-hybridized carbons (Fsp3) is 0.500. The Morgan fingerprint density at radius 3 is 2.45 bits per heavy atom. The summed E-state index contributed by atoms with van der Waals surface area (Å²) in [6.45, 7) is 1.83. The van der Waals surface area contributed by atoms with Crippen molar-refractivity contribution in [2.24, 2.45) is 0 Å². The van der Waals surface area contributed by atoms with Crippen LogP contribution in [0.25, 0.3) is 0 Å². The van der Waals surface area contributed by atoms with Crippen LogP contribution < -0.4 is 5.32 Å². The summed E-state index contributed by atoms with van der Waals surface area (Å²) in [5.41, 5.74) is 0.653. The second-order valence-corrected chi connectivity index (χ2v) is 5.46. The van der Waals surface area contributed by atoms with E-state index in [9.17, 15) is 9.59 Å². The Morgan fingerprint density at radius 1 is 1.30 bits per heavy atom. The summed E-state index contributed by atoms with van der Waals surface area (Å²) in [4.78, 5) is 23.8. The average Bonchev–Trinajstić information content (AvgIpc) is 2.38. The molecule has 1 aliphatic rings. The summed E-state index contributed by atoms with van der Waals surface area (Å²) in [6.07, 6.45) is 3.00. The molecule has 0 bridgehead atoms. The lowest BCUT2D eigenvalue weighted by atomic mass is 9.63. The Kier molecular flexibility index (Phi) is 4.42. The van der Waals surface area contributed by atoms with Crippen LogP contribution in [0, 0.1) is 0 Å². The van der Waals surface area contributed by atoms with Crippen molar-refractivity contribution in [1.82, 2.24) is 5.32 Å². The van der Waals surface area contributed by atoms with Crippen LogP contribution in [0.15, 0.2) is 30.3 Å². The standard InChI is InChI=1S/C16H21NO3/c1-12(11-14(18)20-2)17-15(19)16(9-6-10-16)13-7-4-3-5-8-13/h3-5,7-8,12H,6,9-11H2,1-2H3,(H,17,19). The van der Waals surface area contributed by atoms with Crippen LogP contribution in [0.1, 0.15) is 38.2 Å². The lowest BCUT2D eigenvalue weighted by Crippen LogP contribution is -2.51. The second kappa shape index (κ2) is 6.07. The van der Waals surface area contributed by atoms with Gasteiger partial charge >= 0.3 is 5.97 Å². The molecule has 0 spiro atoms. The van der Waals surface area contributed by atoms with E-state index in [1.54, 1.807) is 0 Å². The minimum atomic E-state index is -0.411. The fourth-order valence-corrected chi connectivity index (χ4v) is 2.68. The highest BCUT2D eigenvalue weighted by Crippen LogP contribution is 2.43. The Labute approximate surface area is 119 Å². The first-order valence-electron chi connectivity index (χ1n) is 7.02. The number of carbonyl (C=O) groups excluding carboxylic acids is 2. The number of ether oxygens (including phenoxy) is 1. The summed E-state index contributed by atoms with van der Waals surface area (Å²) >= 11 is 0. The van der Waals surface area contributed by atoms with E-state index in [1.807, 2.05) is 37.3 Å². The molecule has 1 atom stereocenters. The molecule has 0 radical (unpaired) electrons. The van der Waals surface area contributed by atoms with Crippen molar-refractivity contribution in [3.8, 4) is 0 Å². The van der Waals surface area contributed by atoms with Crippen LogP contribution in [-0.4, -0.2) is 25.0 Å². The van der Waals surface area contributed by atoms with E-state index in [-0.39, 0.29) is 24.3 Å². The number of nitrogens with one attached hydrogen (secondary N) is 1. The van der Waals surface area contributed by atoms with Gasteiger partial charge in [0.05, 0.1) is 18.9 Å². The van der Waals surface area contributed by atoms with Gasteiger partial charge in [-0.05, 0) is 25.3 Å². The van der Waals surface area contributed by atoms with Crippen LogP contribution in [0.4, 0.5) is 0 Å². The number of rotatable bonds is 5. The van der Waals surface area contributed by atoms with Crippen molar-refractivity contribution in [1.29, 1.82) is 0 Å². The number of carbonyl (C=O) groups is 2. The van der Waals surface area contributed by atoms with Gasteiger partial charge in [-0.25, -0.2) is 0 Å². The third-order valence-corrected chi connectivity index (χ3v) is 4.05. The molecule has 1 amide bonds. The van der Waals surface area contributed by atoms with E-state index in [2.05, 4.69) is 10.1 Å². The topological polar surface area (TPSA) is 55.4 Å². The van der Waals surface area contributed by atoms with E-state index < -0.39 is 5.41 Å². The first-order chi connectivity index (χ1) is 9.58. The number of hydrogen-bond donors (Lipinski definition) is 1. The molecule has 1 aromatic carbocycles. The van der Waals surface area contributed by atoms with Crippen molar-refractivity contribution in [3.63, 3.8) is 0 Å². The SMILES string of the molecule is COC(=O)CC(C)NC(=O)C1(c2ccccc2)CCC1. The first kappa shape index (κ1) is 14.6. The molecule has 0 aliphatic heterocycles. The van der Waals surface area contributed by atoms with Crippen LogP contribution >= 0.6 is 0 Å². The van der Waals surface area contributed by atoms with Gasteiger partial charge in [0, 0.05) is 6.04 Å². The summed E-state index contributed by atoms with van der Waals surface area (Å²) in [7, 11) is 1.36. The summed E-state index contributed by atoms with van der Waals surface area (Å²) in [5.74, 6) is -0.286. The number of amides is 1. The molecule has 108 valence electrons. The number of esters is 1. The zero-order valence-corrected chi connectivity index (χ0v) is 12.0. The van der Waals surface area contributed by atoms with Gasteiger partial charge in [-0.3, -0.25) is 9.59 Å². The number of benzene rings is 1. The molecule has 0 aromatic heterocycles. The zero-order valence-electron chi connectivity index (χ0n) is 12.0. The second-order valence-electron chi connectivity index (χ2n) is 5.46. The molecule has 1 N–H and O–H groups in total. The van der Waals surface area contributed by atoms with Crippen molar-refractivity contribution < 1.29 is 14.3 Å². The molecule has 1 fully saturated rings. The molecule has 0 heterocycles. The lowest BCUT2D eigenvalue weighted by Gasteiger charge is -2.41. The van der Waals surface area contributed by atoms with E-state index in [1.165, 1.54) is 7.11 Å². The minimum Gasteiger partial charge on any atom is -0.469 e. The van der Waals surface area contributed by atoms with Gasteiger partial charge in [0.15, 0.2) is 0 Å². The maximum absolute atomic E-state index is 12.6. The highest BCUT2D eigenvalue weighted by molar-refractivity contribution is 5.89. The molecule has 20 heavy (non-hydrogen) atoms. The van der Waals surface area contributed by atoms with Gasteiger partial charge in [-0.2, -0.15) is 0 Å². The summed E-state index contributed by atoms with van der Waals surface area (Å²) in [5, 5.41) is 2.95. The quantitative estimate of drug-likeness (QED) is 0.838. The maximum atomic E-state index is 12.6. The number of hydrogen-bond acceptors (Lipinski definition) is 3. The molecule has 2 rings (SSSR count). The minimum absolute atomic E-state index is 0.0198. The zero-order chi connectivity index (χ0) is 14.6. The van der Waals surface area contributed by atoms with Gasteiger partial charge in [0.2, 0.25) is 5.91 Å². The van der Waals surface area contributed by atoms with Crippen LogP contribution in [0.3, 0.4) is 0 Å². The van der Waals surface area contributed by atoms with Gasteiger partial charge in [0.25, 0.3) is 0 Å². The van der Waals surface area contributed by atoms with Crippen molar-refractivity contribution in [2.45, 2.75) is 44.1 Å².